The monoisotopic (exact) mass is 301 g/mol. The molecule has 114 valence electrons. The molecule has 0 unspecified atom stereocenters. The van der Waals surface area contributed by atoms with Crippen molar-refractivity contribution in [1.29, 1.82) is 5.26 Å². The molecule has 0 saturated carbocycles. The lowest BCUT2D eigenvalue weighted by molar-refractivity contribution is 0.658. The Morgan fingerprint density at radius 3 is 2.83 bits per heavy atom. The second-order valence-corrected chi connectivity index (χ2v) is 6.20. The van der Waals surface area contributed by atoms with Crippen LogP contribution in [0, 0.1) is 18.3 Å². The van der Waals surface area contributed by atoms with Gasteiger partial charge in [-0.3, -0.25) is 0 Å². The highest BCUT2D eigenvalue weighted by Gasteiger charge is 2.13. The molecule has 2 heterocycles. The molecule has 4 rings (SSSR count). The van der Waals surface area contributed by atoms with E-state index in [0.717, 1.165) is 37.2 Å². The molecular formula is C20H19N3. The van der Waals surface area contributed by atoms with Crippen molar-refractivity contribution in [1.82, 2.24) is 9.88 Å². The summed E-state index contributed by atoms with van der Waals surface area (Å²) in [5.74, 6) is 0. The fourth-order valence-electron chi connectivity index (χ4n) is 3.54. The Kier molecular flexibility index (Phi) is 3.40. The van der Waals surface area contributed by atoms with Gasteiger partial charge >= 0.3 is 0 Å². The predicted octanol–water partition coefficient (Wildman–Crippen LogP) is 3.63. The molecule has 23 heavy (non-hydrogen) atoms. The first-order valence-corrected chi connectivity index (χ1v) is 8.10. The van der Waals surface area contributed by atoms with Gasteiger partial charge in [-0.25, -0.2) is 0 Å². The molecule has 0 radical (unpaired) electrons. The Bertz CT molecular complexity index is 928. The van der Waals surface area contributed by atoms with Crippen molar-refractivity contribution in [3.05, 3.63) is 59.3 Å². The van der Waals surface area contributed by atoms with Gasteiger partial charge in [0.15, 0.2) is 0 Å². The molecule has 0 fully saturated rings. The number of hydrogen-bond donors (Lipinski definition) is 1. The van der Waals surface area contributed by atoms with Crippen LogP contribution in [0.25, 0.3) is 22.0 Å². The van der Waals surface area contributed by atoms with E-state index in [4.69, 9.17) is 5.26 Å². The van der Waals surface area contributed by atoms with Crippen molar-refractivity contribution in [3.63, 3.8) is 0 Å². The first-order chi connectivity index (χ1) is 11.3. The minimum atomic E-state index is 0.718. The highest BCUT2D eigenvalue weighted by molar-refractivity contribution is 5.87. The fraction of sp³-hybridized carbons (Fsp3) is 0.250. The van der Waals surface area contributed by atoms with Crippen LogP contribution in [0.5, 0.6) is 0 Å². The lowest BCUT2D eigenvalue weighted by atomic mass is 9.98. The molecule has 0 saturated heterocycles. The standard InChI is InChI=1S/C20H19N3/c1-14-10-15(13-21)2-5-19(14)16-3-4-17-11-18-6-7-22-8-9-23(18)20(17)12-16/h2-5,10-12,22H,6-9H2,1H3. The van der Waals surface area contributed by atoms with Crippen LogP contribution in [-0.2, 0) is 13.0 Å². The summed E-state index contributed by atoms with van der Waals surface area (Å²) in [6, 6.07) is 17.1. The fourth-order valence-corrected chi connectivity index (χ4v) is 3.54. The summed E-state index contributed by atoms with van der Waals surface area (Å²) in [5.41, 5.74) is 7.01. The summed E-state index contributed by atoms with van der Waals surface area (Å²) in [6.07, 6.45) is 1.08. The van der Waals surface area contributed by atoms with Gasteiger partial charge in [-0.1, -0.05) is 18.2 Å². The first-order valence-electron chi connectivity index (χ1n) is 8.10. The van der Waals surface area contributed by atoms with E-state index in [1.54, 1.807) is 0 Å². The summed E-state index contributed by atoms with van der Waals surface area (Å²) in [4.78, 5) is 0. The van der Waals surface area contributed by atoms with E-state index < -0.39 is 0 Å². The first kappa shape index (κ1) is 14.0. The summed E-state index contributed by atoms with van der Waals surface area (Å²) in [5, 5.41) is 13.8. The van der Waals surface area contributed by atoms with Crippen molar-refractivity contribution >= 4 is 10.9 Å². The van der Waals surface area contributed by atoms with E-state index in [-0.39, 0.29) is 0 Å². The van der Waals surface area contributed by atoms with Gasteiger partial charge in [0.05, 0.1) is 11.6 Å². The Balaban J connectivity index is 1.86. The van der Waals surface area contributed by atoms with Gasteiger partial charge in [0, 0.05) is 37.3 Å². The van der Waals surface area contributed by atoms with Gasteiger partial charge in [0.1, 0.15) is 0 Å². The second kappa shape index (κ2) is 5.57. The average molecular weight is 301 g/mol. The molecule has 1 aromatic heterocycles. The average Bonchev–Trinajstić information content (AvgIpc) is 2.75. The third-order valence-electron chi connectivity index (χ3n) is 4.73. The summed E-state index contributed by atoms with van der Waals surface area (Å²) in [6.45, 7) is 5.17. The summed E-state index contributed by atoms with van der Waals surface area (Å²) >= 11 is 0. The zero-order valence-electron chi connectivity index (χ0n) is 13.3. The smallest absolute Gasteiger partial charge is 0.0991 e. The number of benzene rings is 2. The number of nitriles is 1. The topological polar surface area (TPSA) is 40.8 Å². The predicted molar refractivity (Wildman–Crippen MR) is 93.4 cm³/mol. The Morgan fingerprint density at radius 1 is 1.09 bits per heavy atom. The molecule has 2 aromatic carbocycles. The summed E-state index contributed by atoms with van der Waals surface area (Å²) in [7, 11) is 0. The van der Waals surface area contributed by atoms with Crippen LogP contribution in [0.2, 0.25) is 0 Å². The second-order valence-electron chi connectivity index (χ2n) is 6.20. The number of aryl methyl sites for hydroxylation is 1. The van der Waals surface area contributed by atoms with Crippen LogP contribution in [0.15, 0.2) is 42.5 Å². The molecule has 3 aromatic rings. The van der Waals surface area contributed by atoms with Gasteiger partial charge in [-0.2, -0.15) is 5.26 Å². The highest BCUT2D eigenvalue weighted by atomic mass is 15.0. The van der Waals surface area contributed by atoms with Crippen LogP contribution >= 0.6 is 0 Å². The van der Waals surface area contributed by atoms with Crippen molar-refractivity contribution in [2.45, 2.75) is 19.9 Å². The molecule has 1 aliphatic heterocycles. The van der Waals surface area contributed by atoms with Gasteiger partial charge in [-0.05, 0) is 53.3 Å². The number of nitrogens with one attached hydrogen (secondary N) is 1. The molecular weight excluding hydrogens is 282 g/mol. The minimum absolute atomic E-state index is 0.718. The highest BCUT2D eigenvalue weighted by Crippen LogP contribution is 2.29. The van der Waals surface area contributed by atoms with Crippen molar-refractivity contribution < 1.29 is 0 Å². The maximum absolute atomic E-state index is 9.04. The molecule has 3 heteroatoms. The quantitative estimate of drug-likeness (QED) is 0.745. The number of hydrogen-bond acceptors (Lipinski definition) is 2. The van der Waals surface area contributed by atoms with Crippen molar-refractivity contribution in [2.24, 2.45) is 0 Å². The van der Waals surface area contributed by atoms with Gasteiger partial charge < -0.3 is 9.88 Å². The molecule has 1 N–H and O–H groups in total. The number of rotatable bonds is 1. The summed E-state index contributed by atoms with van der Waals surface area (Å²) < 4.78 is 2.44. The van der Waals surface area contributed by atoms with Gasteiger partial charge in [0.2, 0.25) is 0 Å². The van der Waals surface area contributed by atoms with E-state index in [9.17, 15) is 0 Å². The van der Waals surface area contributed by atoms with E-state index >= 15 is 0 Å². The minimum Gasteiger partial charge on any atom is -0.343 e. The number of aromatic nitrogens is 1. The van der Waals surface area contributed by atoms with E-state index in [0.29, 0.717) is 0 Å². The van der Waals surface area contributed by atoms with E-state index in [2.05, 4.69) is 53.2 Å². The Labute approximate surface area is 136 Å². The number of fused-ring (bicyclic) bond motifs is 3. The lowest BCUT2D eigenvalue weighted by Crippen LogP contribution is -2.17. The van der Waals surface area contributed by atoms with Crippen LogP contribution < -0.4 is 5.32 Å². The van der Waals surface area contributed by atoms with Crippen LogP contribution in [0.3, 0.4) is 0 Å². The SMILES string of the molecule is Cc1cc(C#N)ccc1-c1ccc2cc3n(c2c1)CCNCC3. The zero-order chi connectivity index (χ0) is 15.8. The van der Waals surface area contributed by atoms with E-state index in [1.165, 1.54) is 27.7 Å². The third kappa shape index (κ3) is 2.42. The molecule has 3 nitrogen and oxygen atoms in total. The molecule has 0 aliphatic carbocycles. The maximum atomic E-state index is 9.04. The maximum Gasteiger partial charge on any atom is 0.0991 e. The van der Waals surface area contributed by atoms with Crippen LogP contribution in [0.4, 0.5) is 0 Å². The normalized spacial score (nSPS) is 14.3. The van der Waals surface area contributed by atoms with Crippen molar-refractivity contribution in [3.8, 4) is 17.2 Å². The molecule has 0 atom stereocenters. The Morgan fingerprint density at radius 2 is 2.00 bits per heavy atom. The largest absolute Gasteiger partial charge is 0.343 e. The molecule has 0 bridgehead atoms. The Hall–Kier alpha value is -2.57. The molecule has 0 spiro atoms. The number of nitrogens with zero attached hydrogens (tertiary/aromatic N) is 2. The molecule has 1 aliphatic rings. The van der Waals surface area contributed by atoms with Crippen LogP contribution in [0.1, 0.15) is 16.8 Å². The van der Waals surface area contributed by atoms with E-state index in [1.807, 2.05) is 12.1 Å². The zero-order valence-corrected chi connectivity index (χ0v) is 13.3. The van der Waals surface area contributed by atoms with Gasteiger partial charge in [-0.15, -0.1) is 0 Å². The third-order valence-corrected chi connectivity index (χ3v) is 4.73. The van der Waals surface area contributed by atoms with Crippen molar-refractivity contribution in [2.75, 3.05) is 13.1 Å². The molecule has 0 amide bonds. The van der Waals surface area contributed by atoms with Crippen LogP contribution in [-0.4, -0.2) is 17.7 Å². The lowest BCUT2D eigenvalue weighted by Gasteiger charge is -2.10. The van der Waals surface area contributed by atoms with Gasteiger partial charge in [0.25, 0.3) is 0 Å².